The van der Waals surface area contributed by atoms with E-state index in [2.05, 4.69) is 10.1 Å². The highest BCUT2D eigenvalue weighted by molar-refractivity contribution is 5.92. The van der Waals surface area contributed by atoms with Gasteiger partial charge in [-0.25, -0.2) is 8.78 Å². The van der Waals surface area contributed by atoms with E-state index in [1.54, 1.807) is 0 Å². The SMILES string of the molecule is CCc1noc(C2CC(F)(F)CN2C(=O)c2ccco2)n1. The van der Waals surface area contributed by atoms with Crippen molar-refractivity contribution in [1.82, 2.24) is 15.0 Å². The molecule has 0 aromatic carbocycles. The van der Waals surface area contributed by atoms with Crippen LogP contribution in [-0.4, -0.2) is 33.4 Å². The Bertz CT molecular complexity index is 639. The Balaban J connectivity index is 1.91. The van der Waals surface area contributed by atoms with E-state index < -0.39 is 30.8 Å². The summed E-state index contributed by atoms with van der Waals surface area (Å²) < 4.78 is 37.4. The zero-order chi connectivity index (χ0) is 15.0. The first-order chi connectivity index (χ1) is 10.00. The number of alkyl halides is 2. The van der Waals surface area contributed by atoms with Crippen molar-refractivity contribution in [3.05, 3.63) is 35.9 Å². The van der Waals surface area contributed by atoms with Crippen LogP contribution in [0.1, 0.15) is 41.7 Å². The number of halogens is 2. The molecule has 2 aromatic heterocycles. The second kappa shape index (κ2) is 4.94. The number of nitrogens with zero attached hydrogens (tertiary/aromatic N) is 3. The number of aryl methyl sites for hydroxylation is 1. The average Bonchev–Trinajstić information content (AvgIpc) is 3.16. The van der Waals surface area contributed by atoms with Crippen LogP contribution in [-0.2, 0) is 6.42 Å². The van der Waals surface area contributed by atoms with Crippen molar-refractivity contribution in [2.24, 2.45) is 0 Å². The van der Waals surface area contributed by atoms with Crippen molar-refractivity contribution in [1.29, 1.82) is 0 Å². The van der Waals surface area contributed by atoms with Gasteiger partial charge in [0.2, 0.25) is 5.89 Å². The molecule has 1 amide bonds. The number of hydrogen-bond donors (Lipinski definition) is 0. The number of carbonyl (C=O) groups is 1. The maximum absolute atomic E-state index is 13.7. The lowest BCUT2D eigenvalue weighted by atomic mass is 10.2. The minimum Gasteiger partial charge on any atom is -0.459 e. The Hall–Kier alpha value is -2.25. The molecule has 0 N–H and O–H groups in total. The first-order valence-corrected chi connectivity index (χ1v) is 6.55. The first-order valence-electron chi connectivity index (χ1n) is 6.55. The van der Waals surface area contributed by atoms with Crippen molar-refractivity contribution in [3.8, 4) is 0 Å². The minimum atomic E-state index is -2.99. The molecule has 0 bridgehead atoms. The molecule has 0 aliphatic carbocycles. The van der Waals surface area contributed by atoms with Crippen LogP contribution in [0.15, 0.2) is 27.3 Å². The van der Waals surface area contributed by atoms with Crippen molar-refractivity contribution in [2.45, 2.75) is 31.7 Å². The summed E-state index contributed by atoms with van der Waals surface area (Å²) in [6, 6.07) is 2.02. The van der Waals surface area contributed by atoms with Gasteiger partial charge >= 0.3 is 0 Å². The Morgan fingerprint density at radius 3 is 3.00 bits per heavy atom. The molecule has 1 unspecified atom stereocenters. The van der Waals surface area contributed by atoms with Crippen LogP contribution < -0.4 is 0 Å². The molecule has 3 rings (SSSR count). The first kappa shape index (κ1) is 13.7. The van der Waals surface area contributed by atoms with Crippen LogP contribution in [0.5, 0.6) is 0 Å². The molecule has 6 nitrogen and oxygen atoms in total. The molecule has 112 valence electrons. The predicted octanol–water partition coefficient (Wildman–Crippen LogP) is 2.45. The summed E-state index contributed by atoms with van der Waals surface area (Å²) in [7, 11) is 0. The van der Waals surface area contributed by atoms with Gasteiger partial charge in [-0.05, 0) is 12.1 Å². The fraction of sp³-hybridized carbons (Fsp3) is 0.462. The summed E-state index contributed by atoms with van der Waals surface area (Å²) in [6.45, 7) is 1.13. The lowest BCUT2D eigenvalue weighted by molar-refractivity contribution is 0.0113. The normalized spacial score (nSPS) is 20.9. The fourth-order valence-electron chi connectivity index (χ4n) is 2.34. The van der Waals surface area contributed by atoms with Gasteiger partial charge in [0.1, 0.15) is 6.04 Å². The molecule has 2 aromatic rings. The van der Waals surface area contributed by atoms with E-state index in [0.717, 1.165) is 4.90 Å². The third-order valence-corrected chi connectivity index (χ3v) is 3.35. The highest BCUT2D eigenvalue weighted by Gasteiger charge is 2.50. The standard InChI is InChI=1S/C13H13F2N3O3/c1-2-10-16-11(21-17-10)8-6-13(14,15)7-18(8)12(19)9-4-3-5-20-9/h3-5,8H,2,6-7H2,1H3. The molecule has 0 spiro atoms. The monoisotopic (exact) mass is 297 g/mol. The number of rotatable bonds is 3. The lowest BCUT2D eigenvalue weighted by Gasteiger charge is -2.19. The molecule has 0 radical (unpaired) electrons. The van der Waals surface area contributed by atoms with E-state index in [-0.39, 0.29) is 11.7 Å². The van der Waals surface area contributed by atoms with E-state index >= 15 is 0 Å². The Labute approximate surface area is 118 Å². The second-order valence-electron chi connectivity index (χ2n) is 4.89. The van der Waals surface area contributed by atoms with Gasteiger partial charge in [0.25, 0.3) is 11.8 Å². The quantitative estimate of drug-likeness (QED) is 0.870. The maximum Gasteiger partial charge on any atom is 0.290 e. The number of likely N-dealkylation sites (tertiary alicyclic amines) is 1. The molecule has 3 heterocycles. The van der Waals surface area contributed by atoms with Crippen molar-refractivity contribution >= 4 is 5.91 Å². The smallest absolute Gasteiger partial charge is 0.290 e. The van der Waals surface area contributed by atoms with E-state index in [1.165, 1.54) is 18.4 Å². The van der Waals surface area contributed by atoms with E-state index in [9.17, 15) is 13.6 Å². The summed E-state index contributed by atoms with van der Waals surface area (Å²) in [4.78, 5) is 17.3. The minimum absolute atomic E-state index is 0.00734. The predicted molar refractivity (Wildman–Crippen MR) is 65.7 cm³/mol. The third kappa shape index (κ3) is 2.53. The Morgan fingerprint density at radius 1 is 1.57 bits per heavy atom. The van der Waals surface area contributed by atoms with Crippen molar-refractivity contribution in [3.63, 3.8) is 0 Å². The Morgan fingerprint density at radius 2 is 2.38 bits per heavy atom. The van der Waals surface area contributed by atoms with Gasteiger partial charge < -0.3 is 13.8 Å². The van der Waals surface area contributed by atoms with Gasteiger partial charge in [0, 0.05) is 12.8 Å². The summed E-state index contributed by atoms with van der Waals surface area (Å²) in [5.74, 6) is -3.14. The number of furan rings is 1. The van der Waals surface area contributed by atoms with Gasteiger partial charge in [0.15, 0.2) is 11.6 Å². The summed E-state index contributed by atoms with van der Waals surface area (Å²) in [5, 5.41) is 3.69. The summed E-state index contributed by atoms with van der Waals surface area (Å²) >= 11 is 0. The van der Waals surface area contributed by atoms with Crippen LogP contribution >= 0.6 is 0 Å². The van der Waals surface area contributed by atoms with Gasteiger partial charge in [-0.1, -0.05) is 12.1 Å². The van der Waals surface area contributed by atoms with Crippen molar-refractivity contribution < 1.29 is 22.5 Å². The van der Waals surface area contributed by atoms with E-state index in [1.807, 2.05) is 6.92 Å². The van der Waals surface area contributed by atoms with Gasteiger partial charge in [-0.15, -0.1) is 0 Å². The lowest BCUT2D eigenvalue weighted by Crippen LogP contribution is -2.32. The zero-order valence-electron chi connectivity index (χ0n) is 11.3. The maximum atomic E-state index is 13.7. The summed E-state index contributed by atoms with van der Waals surface area (Å²) in [6.07, 6.45) is 1.31. The molecule has 1 saturated heterocycles. The van der Waals surface area contributed by atoms with Crippen molar-refractivity contribution in [2.75, 3.05) is 6.54 Å². The van der Waals surface area contributed by atoms with Gasteiger partial charge in [0.05, 0.1) is 12.8 Å². The fourth-order valence-corrected chi connectivity index (χ4v) is 2.34. The number of carbonyl (C=O) groups excluding carboxylic acids is 1. The summed E-state index contributed by atoms with van der Waals surface area (Å²) in [5.41, 5.74) is 0. The largest absolute Gasteiger partial charge is 0.459 e. The van der Waals surface area contributed by atoms with E-state index in [4.69, 9.17) is 8.94 Å². The number of aromatic nitrogens is 2. The molecule has 0 saturated carbocycles. The van der Waals surface area contributed by atoms with Crippen LogP contribution in [0.4, 0.5) is 8.78 Å². The molecule has 1 aliphatic heterocycles. The highest BCUT2D eigenvalue weighted by atomic mass is 19.3. The average molecular weight is 297 g/mol. The molecular formula is C13H13F2N3O3. The topological polar surface area (TPSA) is 72.4 Å². The highest BCUT2D eigenvalue weighted by Crippen LogP contribution is 2.41. The van der Waals surface area contributed by atoms with Gasteiger partial charge in [-0.2, -0.15) is 4.98 Å². The van der Waals surface area contributed by atoms with Gasteiger partial charge in [-0.3, -0.25) is 4.79 Å². The molecule has 1 aliphatic rings. The zero-order valence-corrected chi connectivity index (χ0v) is 11.3. The van der Waals surface area contributed by atoms with Crippen LogP contribution in [0, 0.1) is 0 Å². The molecule has 1 atom stereocenters. The number of hydrogen-bond acceptors (Lipinski definition) is 5. The molecule has 8 heteroatoms. The van der Waals surface area contributed by atoms with Crippen LogP contribution in [0.3, 0.4) is 0 Å². The number of amides is 1. The third-order valence-electron chi connectivity index (χ3n) is 3.35. The molecule has 1 fully saturated rings. The molecular weight excluding hydrogens is 284 g/mol. The van der Waals surface area contributed by atoms with Crippen LogP contribution in [0.2, 0.25) is 0 Å². The molecule has 21 heavy (non-hydrogen) atoms. The van der Waals surface area contributed by atoms with E-state index in [0.29, 0.717) is 12.2 Å². The van der Waals surface area contributed by atoms with Crippen LogP contribution in [0.25, 0.3) is 0 Å². The Kier molecular flexibility index (Phi) is 3.23. The second-order valence-corrected chi connectivity index (χ2v) is 4.89.